The van der Waals surface area contributed by atoms with Gasteiger partial charge in [-0.05, 0) is 43.4 Å². The van der Waals surface area contributed by atoms with Crippen molar-refractivity contribution in [1.29, 1.82) is 0 Å². The van der Waals surface area contributed by atoms with Crippen LogP contribution in [0.4, 0.5) is 4.79 Å². The number of hydrogen-bond donors (Lipinski definition) is 5. The number of carbonyl (C=O) groups is 2. The van der Waals surface area contributed by atoms with E-state index >= 15 is 0 Å². The molecule has 1 saturated heterocycles. The van der Waals surface area contributed by atoms with E-state index in [1.165, 1.54) is 0 Å². The number of hydrogen-bond acceptors (Lipinski definition) is 8. The van der Waals surface area contributed by atoms with E-state index in [0.717, 1.165) is 12.8 Å². The Morgan fingerprint density at radius 1 is 1.05 bits per heavy atom. The molecule has 0 unspecified atom stereocenters. The van der Waals surface area contributed by atoms with Crippen LogP contribution in [0.25, 0.3) is 0 Å². The predicted octanol–water partition coefficient (Wildman–Crippen LogP) is 3.99. The van der Waals surface area contributed by atoms with Crippen molar-refractivity contribution < 1.29 is 39.5 Å². The molecule has 0 aromatic heterocycles. The molecule has 0 aromatic carbocycles. The van der Waals surface area contributed by atoms with E-state index in [1.807, 2.05) is 47.6 Å². The Bertz CT molecular complexity index is 952. The lowest BCUT2D eigenvalue weighted by molar-refractivity contribution is -0.179. The lowest BCUT2D eigenvalue weighted by atomic mass is 9.81. The van der Waals surface area contributed by atoms with Crippen molar-refractivity contribution in [2.75, 3.05) is 0 Å². The summed E-state index contributed by atoms with van der Waals surface area (Å²) in [5, 5.41) is 43.0. The molecule has 0 aromatic rings. The quantitative estimate of drug-likeness (QED) is 0.102. The number of carbonyl (C=O) groups excluding carboxylic acids is 2. The van der Waals surface area contributed by atoms with Crippen LogP contribution in [0.3, 0.4) is 0 Å². The Kier molecular flexibility index (Phi) is 13.7. The minimum absolute atomic E-state index is 0.0273. The van der Waals surface area contributed by atoms with Crippen LogP contribution in [-0.4, -0.2) is 69.1 Å². The summed E-state index contributed by atoms with van der Waals surface area (Å²) in [5.74, 6) is -1.32. The maximum absolute atomic E-state index is 12.0. The maximum atomic E-state index is 12.0. The third-order valence-corrected chi connectivity index (χ3v) is 9.75. The van der Waals surface area contributed by atoms with Gasteiger partial charge in [-0.15, -0.1) is 0 Å². The molecule has 2 fully saturated rings. The van der Waals surface area contributed by atoms with E-state index in [-0.39, 0.29) is 41.9 Å². The largest absolute Gasteiger partial charge is 0.462 e. The second-order valence-corrected chi connectivity index (χ2v) is 13.1. The normalized spacial score (nSPS) is 32.7. The van der Waals surface area contributed by atoms with Gasteiger partial charge in [0, 0.05) is 30.1 Å². The summed E-state index contributed by atoms with van der Waals surface area (Å²) in [4.78, 5) is 23.5. The zero-order valence-electron chi connectivity index (χ0n) is 26.4. The van der Waals surface area contributed by atoms with Gasteiger partial charge in [0.1, 0.15) is 12.2 Å². The molecule has 240 valence electrons. The zero-order valence-corrected chi connectivity index (χ0v) is 26.4. The summed E-state index contributed by atoms with van der Waals surface area (Å²) in [6.45, 7) is 16.8. The topological polar surface area (TPSA) is 160 Å². The number of aliphatic hydroxyl groups excluding tert-OH is 4. The summed E-state index contributed by atoms with van der Waals surface area (Å²) >= 11 is 0. The number of allylic oxidation sites excluding steroid dienone is 2. The minimum atomic E-state index is -0.869. The first kappa shape index (κ1) is 36.0. The Morgan fingerprint density at radius 3 is 2.29 bits per heavy atom. The van der Waals surface area contributed by atoms with Crippen LogP contribution in [0.1, 0.15) is 67.7 Å². The maximum Gasteiger partial charge on any atom is 0.404 e. The molecule has 1 amide bonds. The van der Waals surface area contributed by atoms with Gasteiger partial charge in [0.05, 0.1) is 30.3 Å². The first-order valence-corrected chi connectivity index (χ1v) is 15.5. The lowest BCUT2D eigenvalue weighted by Crippen LogP contribution is -2.47. The highest BCUT2D eigenvalue weighted by Crippen LogP contribution is 2.50. The minimum Gasteiger partial charge on any atom is -0.462 e. The van der Waals surface area contributed by atoms with Gasteiger partial charge in [0.15, 0.2) is 0 Å². The SMILES string of the molecule is C=C/C=C\[C@H](C)[C@H](OC(N)=O)[C@@H](C)[C@H](O)[C@@H](C)C[C@H]1C[C@H]1[C@H](C)[C@@H](O)[C@@H](C)/C=C\[C@@H](O)C[C@@H]1OC(=O)[C@H](C)[C@@H](O)[C@H]1C. The van der Waals surface area contributed by atoms with E-state index in [1.54, 1.807) is 31.2 Å². The molecule has 42 heavy (non-hydrogen) atoms. The van der Waals surface area contributed by atoms with E-state index < -0.39 is 54.6 Å². The van der Waals surface area contributed by atoms with Gasteiger partial charge in [0.2, 0.25) is 0 Å². The van der Waals surface area contributed by atoms with Crippen LogP contribution in [0, 0.1) is 53.3 Å². The second kappa shape index (κ2) is 16.0. The summed E-state index contributed by atoms with van der Waals surface area (Å²) in [6, 6.07) is 0. The molecule has 1 heterocycles. The standard InChI is InChI=1S/C33H55NO8/c1-9-10-11-18(3)31(42-33(34)40)22(7)29(37)19(4)14-24-15-26(24)20(5)28(36)17(2)12-13-25(35)16-27-21(6)30(38)23(8)32(39)41-27/h9-13,17-31,35-38H,1,14-16H2,2-8H3,(H2,34,40)/b11-10-,13-12-/t17-,18-,19-,20-,21-,22-,23+,24-,25+,26-,27-,28-,29+,30-,31-/m0/s1. The number of amides is 1. The lowest BCUT2D eigenvalue weighted by Gasteiger charge is -2.36. The fourth-order valence-electron chi connectivity index (χ4n) is 6.61. The Hall–Kier alpha value is -2.20. The molecule has 2 aliphatic rings. The fourth-order valence-corrected chi connectivity index (χ4v) is 6.61. The third-order valence-electron chi connectivity index (χ3n) is 9.75. The molecule has 9 nitrogen and oxygen atoms in total. The molecule has 1 aliphatic heterocycles. The van der Waals surface area contributed by atoms with E-state index in [2.05, 4.69) is 6.58 Å². The first-order valence-electron chi connectivity index (χ1n) is 15.5. The summed E-state index contributed by atoms with van der Waals surface area (Å²) in [5.41, 5.74) is 5.31. The number of ether oxygens (including phenoxy) is 2. The summed E-state index contributed by atoms with van der Waals surface area (Å²) < 4.78 is 10.8. The van der Waals surface area contributed by atoms with Crippen LogP contribution in [-0.2, 0) is 14.3 Å². The molecule has 9 heteroatoms. The van der Waals surface area contributed by atoms with Crippen molar-refractivity contribution in [2.24, 2.45) is 59.0 Å². The second-order valence-electron chi connectivity index (χ2n) is 13.1. The van der Waals surface area contributed by atoms with Crippen molar-refractivity contribution >= 4 is 12.1 Å². The number of cyclic esters (lactones) is 1. The van der Waals surface area contributed by atoms with E-state index in [4.69, 9.17) is 15.2 Å². The smallest absolute Gasteiger partial charge is 0.404 e. The Morgan fingerprint density at radius 2 is 1.69 bits per heavy atom. The number of nitrogens with two attached hydrogens (primary N) is 1. The molecule has 6 N–H and O–H groups in total. The molecule has 2 rings (SSSR count). The van der Waals surface area contributed by atoms with Gasteiger partial charge in [-0.3, -0.25) is 4.79 Å². The molecule has 0 radical (unpaired) electrons. The fraction of sp³-hybridized carbons (Fsp3) is 0.758. The number of aliphatic hydroxyl groups is 4. The van der Waals surface area contributed by atoms with Crippen LogP contribution >= 0.6 is 0 Å². The predicted molar refractivity (Wildman–Crippen MR) is 162 cm³/mol. The average Bonchev–Trinajstić information content (AvgIpc) is 3.71. The van der Waals surface area contributed by atoms with Gasteiger partial charge >= 0.3 is 12.1 Å². The molecular weight excluding hydrogens is 538 g/mol. The van der Waals surface area contributed by atoms with E-state index in [0.29, 0.717) is 11.8 Å². The van der Waals surface area contributed by atoms with Crippen molar-refractivity contribution in [3.63, 3.8) is 0 Å². The van der Waals surface area contributed by atoms with Gasteiger partial charge in [0.25, 0.3) is 0 Å². The highest BCUT2D eigenvalue weighted by Gasteiger charge is 2.46. The Balaban J connectivity index is 1.88. The molecule has 0 spiro atoms. The Labute approximate surface area is 251 Å². The number of esters is 1. The zero-order chi connectivity index (χ0) is 31.9. The van der Waals surface area contributed by atoms with Gasteiger partial charge in [-0.25, -0.2) is 4.79 Å². The van der Waals surface area contributed by atoms with Crippen LogP contribution < -0.4 is 5.73 Å². The van der Waals surface area contributed by atoms with Crippen LogP contribution in [0.5, 0.6) is 0 Å². The summed E-state index contributed by atoms with van der Waals surface area (Å²) in [6.07, 6.45) is 5.67. The summed E-state index contributed by atoms with van der Waals surface area (Å²) in [7, 11) is 0. The number of rotatable bonds is 16. The first-order chi connectivity index (χ1) is 19.6. The van der Waals surface area contributed by atoms with Gasteiger partial charge in [-0.1, -0.05) is 78.5 Å². The highest BCUT2D eigenvalue weighted by atomic mass is 16.6. The van der Waals surface area contributed by atoms with Crippen molar-refractivity contribution in [1.82, 2.24) is 0 Å². The highest BCUT2D eigenvalue weighted by molar-refractivity contribution is 5.73. The molecule has 1 aliphatic carbocycles. The number of primary amides is 1. The molecule has 15 atom stereocenters. The van der Waals surface area contributed by atoms with Crippen LogP contribution in [0.2, 0.25) is 0 Å². The van der Waals surface area contributed by atoms with Crippen molar-refractivity contribution in [2.45, 2.75) is 104 Å². The monoisotopic (exact) mass is 593 g/mol. The molecular formula is C33H55NO8. The van der Waals surface area contributed by atoms with Crippen molar-refractivity contribution in [3.8, 4) is 0 Å². The third kappa shape index (κ3) is 9.66. The molecule has 0 bridgehead atoms. The van der Waals surface area contributed by atoms with Crippen LogP contribution in [0.15, 0.2) is 37.0 Å². The van der Waals surface area contributed by atoms with Gasteiger partial charge in [-0.2, -0.15) is 0 Å². The molecule has 1 saturated carbocycles. The van der Waals surface area contributed by atoms with Gasteiger partial charge < -0.3 is 35.6 Å². The van der Waals surface area contributed by atoms with E-state index in [9.17, 15) is 30.0 Å². The van der Waals surface area contributed by atoms with Crippen molar-refractivity contribution in [3.05, 3.63) is 37.0 Å². The average molecular weight is 594 g/mol.